The van der Waals surface area contributed by atoms with Crippen LogP contribution in [0.25, 0.3) is 0 Å². The van der Waals surface area contributed by atoms with Crippen LogP contribution >= 0.6 is 12.4 Å². The van der Waals surface area contributed by atoms with E-state index in [1.165, 1.54) is 11.1 Å². The standard InChI is InChI=1S/C16H22N4O3.ClH/c1-21-13-7-11-3-5-20(6-4-12(11)8-14(13)22-2)10-15-18-16(9-17)23-19-15;/h7-8H,3-6,9-10,17H2,1-2H3;1H. The summed E-state index contributed by atoms with van der Waals surface area (Å²) in [4.78, 5) is 6.60. The van der Waals surface area contributed by atoms with Gasteiger partial charge in [-0.15, -0.1) is 12.4 Å². The fraction of sp³-hybridized carbons (Fsp3) is 0.500. The van der Waals surface area contributed by atoms with Crippen molar-refractivity contribution in [3.63, 3.8) is 0 Å². The van der Waals surface area contributed by atoms with Crippen molar-refractivity contribution in [1.29, 1.82) is 0 Å². The van der Waals surface area contributed by atoms with Gasteiger partial charge < -0.3 is 19.7 Å². The van der Waals surface area contributed by atoms with E-state index < -0.39 is 0 Å². The minimum Gasteiger partial charge on any atom is -0.493 e. The lowest BCUT2D eigenvalue weighted by Gasteiger charge is -2.17. The highest BCUT2D eigenvalue weighted by atomic mass is 35.5. The third kappa shape index (κ3) is 3.98. The first-order valence-corrected chi connectivity index (χ1v) is 7.71. The number of aromatic nitrogens is 2. The van der Waals surface area contributed by atoms with E-state index in [2.05, 4.69) is 27.2 Å². The molecule has 132 valence electrons. The number of hydrogen-bond donors (Lipinski definition) is 1. The van der Waals surface area contributed by atoms with Crippen LogP contribution in [0.15, 0.2) is 16.7 Å². The molecule has 1 aromatic carbocycles. The fourth-order valence-corrected chi connectivity index (χ4v) is 2.89. The Balaban J connectivity index is 0.00000208. The molecule has 2 aromatic rings. The van der Waals surface area contributed by atoms with Crippen LogP contribution in [0.4, 0.5) is 0 Å². The average molecular weight is 355 g/mol. The second kappa shape index (κ2) is 8.32. The molecule has 0 spiro atoms. The van der Waals surface area contributed by atoms with Gasteiger partial charge in [0.15, 0.2) is 17.3 Å². The molecule has 0 atom stereocenters. The van der Waals surface area contributed by atoms with Gasteiger partial charge in [-0.05, 0) is 36.1 Å². The van der Waals surface area contributed by atoms with Crippen molar-refractivity contribution in [3.8, 4) is 11.5 Å². The van der Waals surface area contributed by atoms with Crippen LogP contribution in [0.3, 0.4) is 0 Å². The molecular formula is C16H23ClN4O3. The average Bonchev–Trinajstić information content (AvgIpc) is 2.95. The Morgan fingerprint density at radius 2 is 1.71 bits per heavy atom. The summed E-state index contributed by atoms with van der Waals surface area (Å²) in [6, 6.07) is 4.16. The molecule has 2 N–H and O–H groups in total. The smallest absolute Gasteiger partial charge is 0.240 e. The number of fused-ring (bicyclic) bond motifs is 1. The maximum Gasteiger partial charge on any atom is 0.240 e. The lowest BCUT2D eigenvalue weighted by Crippen LogP contribution is -2.26. The first-order chi connectivity index (χ1) is 11.2. The van der Waals surface area contributed by atoms with Crippen molar-refractivity contribution in [2.75, 3.05) is 27.3 Å². The summed E-state index contributed by atoms with van der Waals surface area (Å²) in [6.45, 7) is 2.83. The maximum absolute atomic E-state index is 5.50. The summed E-state index contributed by atoms with van der Waals surface area (Å²) in [5.74, 6) is 2.73. The lowest BCUT2D eigenvalue weighted by molar-refractivity contribution is 0.266. The van der Waals surface area contributed by atoms with Crippen molar-refractivity contribution < 1.29 is 14.0 Å². The monoisotopic (exact) mass is 354 g/mol. The highest BCUT2D eigenvalue weighted by Crippen LogP contribution is 2.32. The first-order valence-electron chi connectivity index (χ1n) is 7.71. The highest BCUT2D eigenvalue weighted by molar-refractivity contribution is 5.85. The van der Waals surface area contributed by atoms with E-state index in [0.717, 1.165) is 37.4 Å². The third-order valence-electron chi connectivity index (χ3n) is 4.15. The Hall–Kier alpha value is -1.83. The van der Waals surface area contributed by atoms with E-state index in [1.54, 1.807) is 14.2 Å². The zero-order valence-corrected chi connectivity index (χ0v) is 14.8. The summed E-state index contributed by atoms with van der Waals surface area (Å²) in [7, 11) is 3.33. The van der Waals surface area contributed by atoms with E-state index >= 15 is 0 Å². The minimum absolute atomic E-state index is 0. The number of benzene rings is 1. The van der Waals surface area contributed by atoms with Crippen LogP contribution in [0.1, 0.15) is 22.8 Å². The van der Waals surface area contributed by atoms with Gasteiger partial charge in [0.05, 0.1) is 27.3 Å². The molecule has 2 heterocycles. The van der Waals surface area contributed by atoms with Crippen LogP contribution in [-0.2, 0) is 25.9 Å². The zero-order chi connectivity index (χ0) is 16.2. The lowest BCUT2D eigenvalue weighted by atomic mass is 10.0. The molecule has 0 bridgehead atoms. The first kappa shape index (κ1) is 18.5. The van der Waals surface area contributed by atoms with Gasteiger partial charge in [-0.25, -0.2) is 0 Å². The number of nitrogens with zero attached hydrogens (tertiary/aromatic N) is 3. The molecule has 7 nitrogen and oxygen atoms in total. The second-order valence-corrected chi connectivity index (χ2v) is 5.56. The van der Waals surface area contributed by atoms with Crippen LogP contribution in [0, 0.1) is 0 Å². The van der Waals surface area contributed by atoms with E-state index in [-0.39, 0.29) is 19.0 Å². The van der Waals surface area contributed by atoms with Crippen molar-refractivity contribution in [2.45, 2.75) is 25.9 Å². The van der Waals surface area contributed by atoms with Crippen molar-refractivity contribution in [3.05, 3.63) is 35.0 Å². The van der Waals surface area contributed by atoms with Gasteiger partial charge in [0, 0.05) is 13.1 Å². The second-order valence-electron chi connectivity index (χ2n) is 5.56. The predicted octanol–water partition coefficient (Wildman–Crippen LogP) is 1.57. The number of rotatable bonds is 5. The third-order valence-corrected chi connectivity index (χ3v) is 4.15. The number of nitrogens with two attached hydrogens (primary N) is 1. The van der Waals surface area contributed by atoms with Gasteiger partial charge in [-0.3, -0.25) is 4.90 Å². The van der Waals surface area contributed by atoms with Crippen molar-refractivity contribution >= 4 is 12.4 Å². The molecule has 0 saturated carbocycles. The van der Waals surface area contributed by atoms with Crippen LogP contribution < -0.4 is 15.2 Å². The Labute approximate surface area is 147 Å². The maximum atomic E-state index is 5.50. The number of halogens is 1. The zero-order valence-electron chi connectivity index (χ0n) is 13.9. The Kier molecular flexibility index (Phi) is 6.42. The van der Waals surface area contributed by atoms with Gasteiger partial charge in [-0.2, -0.15) is 4.98 Å². The Morgan fingerprint density at radius 1 is 1.12 bits per heavy atom. The highest BCUT2D eigenvalue weighted by Gasteiger charge is 2.19. The molecule has 1 aromatic heterocycles. The number of ether oxygens (including phenoxy) is 2. The molecule has 1 aliphatic heterocycles. The van der Waals surface area contributed by atoms with Gasteiger partial charge in [-0.1, -0.05) is 5.16 Å². The molecule has 3 rings (SSSR count). The molecule has 0 amide bonds. The molecule has 0 radical (unpaired) electrons. The van der Waals surface area contributed by atoms with Gasteiger partial charge in [0.1, 0.15) is 0 Å². The fourth-order valence-electron chi connectivity index (χ4n) is 2.89. The van der Waals surface area contributed by atoms with Gasteiger partial charge >= 0.3 is 0 Å². The van der Waals surface area contributed by atoms with Gasteiger partial charge in [0.25, 0.3) is 0 Å². The predicted molar refractivity (Wildman–Crippen MR) is 91.7 cm³/mol. The minimum atomic E-state index is 0. The molecule has 0 aliphatic carbocycles. The molecule has 8 heteroatoms. The summed E-state index contributed by atoms with van der Waals surface area (Å²) < 4.78 is 15.9. The summed E-state index contributed by atoms with van der Waals surface area (Å²) >= 11 is 0. The van der Waals surface area contributed by atoms with Crippen LogP contribution in [0.5, 0.6) is 11.5 Å². The SMILES string of the molecule is COc1cc2c(cc1OC)CCN(Cc1noc(CN)n1)CC2.Cl. The quantitative estimate of drug-likeness (QED) is 0.871. The summed E-state index contributed by atoms with van der Waals surface area (Å²) in [6.07, 6.45) is 1.91. The molecule has 24 heavy (non-hydrogen) atoms. The number of methoxy groups -OCH3 is 2. The van der Waals surface area contributed by atoms with Crippen LogP contribution in [-0.4, -0.2) is 42.3 Å². The molecular weight excluding hydrogens is 332 g/mol. The Bertz CT molecular complexity index is 642. The van der Waals surface area contributed by atoms with E-state index in [9.17, 15) is 0 Å². The normalized spacial score (nSPS) is 14.5. The topological polar surface area (TPSA) is 86.6 Å². The summed E-state index contributed by atoms with van der Waals surface area (Å²) in [5, 5.41) is 3.97. The number of hydrogen-bond acceptors (Lipinski definition) is 7. The van der Waals surface area contributed by atoms with E-state index in [4.69, 9.17) is 19.7 Å². The molecule has 0 fully saturated rings. The van der Waals surface area contributed by atoms with Gasteiger partial charge in [0.2, 0.25) is 5.89 Å². The summed E-state index contributed by atoms with van der Waals surface area (Å²) in [5.41, 5.74) is 8.11. The van der Waals surface area contributed by atoms with Crippen molar-refractivity contribution in [1.82, 2.24) is 15.0 Å². The molecule has 0 unspecified atom stereocenters. The largest absolute Gasteiger partial charge is 0.493 e. The van der Waals surface area contributed by atoms with Crippen LogP contribution in [0.2, 0.25) is 0 Å². The van der Waals surface area contributed by atoms with Crippen molar-refractivity contribution in [2.24, 2.45) is 5.73 Å². The Morgan fingerprint density at radius 3 is 2.17 bits per heavy atom. The molecule has 0 saturated heterocycles. The van der Waals surface area contributed by atoms with E-state index in [0.29, 0.717) is 18.3 Å². The molecule has 1 aliphatic rings. The van der Waals surface area contributed by atoms with E-state index in [1.807, 2.05) is 0 Å².